The van der Waals surface area contributed by atoms with Crippen molar-refractivity contribution < 1.29 is 8.42 Å². The Morgan fingerprint density at radius 2 is 2.00 bits per heavy atom. The van der Waals surface area contributed by atoms with E-state index in [0.29, 0.717) is 19.1 Å². The van der Waals surface area contributed by atoms with Crippen LogP contribution in [0.3, 0.4) is 0 Å². The molecule has 7 nitrogen and oxygen atoms in total. The Kier molecular flexibility index (Phi) is 10.9. The predicted molar refractivity (Wildman–Crippen MR) is 127 cm³/mol. The average molecular weight is 574 g/mol. The maximum Gasteiger partial charge on any atom is 0.211 e. The lowest BCUT2D eigenvalue weighted by Gasteiger charge is -2.20. The van der Waals surface area contributed by atoms with Crippen molar-refractivity contribution in [3.8, 4) is 0 Å². The SMILES string of the molecule is CCNC(=NCCNS(=O)(=O)CC)NC1CCN(c2ccc(Br)cc2)C1.I. The van der Waals surface area contributed by atoms with Crippen molar-refractivity contribution in [3.05, 3.63) is 28.7 Å². The molecule has 0 radical (unpaired) electrons. The van der Waals surface area contributed by atoms with Gasteiger partial charge >= 0.3 is 0 Å². The third-order valence-corrected chi connectivity index (χ3v) is 6.08. The van der Waals surface area contributed by atoms with E-state index in [4.69, 9.17) is 0 Å². The standard InChI is InChI=1S/C17H28BrN5O2S.HI/c1-3-19-17(20-10-11-21-26(24,25)4-2)22-15-9-12-23(13-15)16-7-5-14(18)6-8-16;/h5-8,15,21H,3-4,9-13H2,1-2H3,(H2,19,20,22);1H. The van der Waals surface area contributed by atoms with Crippen molar-refractivity contribution in [2.45, 2.75) is 26.3 Å². The number of sulfonamides is 1. The smallest absolute Gasteiger partial charge is 0.211 e. The molecule has 1 aromatic carbocycles. The molecule has 0 amide bonds. The monoisotopic (exact) mass is 573 g/mol. The zero-order valence-corrected chi connectivity index (χ0v) is 20.5. The first-order chi connectivity index (χ1) is 12.4. The Balaban J connectivity index is 0.00000364. The molecule has 1 aromatic rings. The molecule has 1 heterocycles. The Bertz CT molecular complexity index is 700. The highest BCUT2D eigenvalue weighted by molar-refractivity contribution is 14.0. The van der Waals surface area contributed by atoms with E-state index in [2.05, 4.69) is 65.4 Å². The van der Waals surface area contributed by atoms with Crippen LogP contribution in [0.5, 0.6) is 0 Å². The van der Waals surface area contributed by atoms with Gasteiger partial charge < -0.3 is 15.5 Å². The molecule has 0 aliphatic carbocycles. The summed E-state index contributed by atoms with van der Waals surface area (Å²) in [6, 6.07) is 8.65. The minimum Gasteiger partial charge on any atom is -0.369 e. The number of hydrogen-bond donors (Lipinski definition) is 3. The zero-order valence-electron chi connectivity index (χ0n) is 15.7. The Morgan fingerprint density at radius 3 is 2.63 bits per heavy atom. The molecule has 1 atom stereocenters. The van der Waals surface area contributed by atoms with Crippen LogP contribution in [0.1, 0.15) is 20.3 Å². The van der Waals surface area contributed by atoms with Gasteiger partial charge in [-0.15, -0.1) is 24.0 Å². The Morgan fingerprint density at radius 1 is 1.30 bits per heavy atom. The maximum atomic E-state index is 11.4. The molecule has 0 saturated carbocycles. The number of nitrogens with zero attached hydrogens (tertiary/aromatic N) is 2. The zero-order chi connectivity index (χ0) is 19.0. The van der Waals surface area contributed by atoms with E-state index in [1.54, 1.807) is 6.92 Å². The fourth-order valence-corrected chi connectivity index (χ4v) is 3.62. The van der Waals surface area contributed by atoms with E-state index in [0.717, 1.165) is 36.5 Å². The van der Waals surface area contributed by atoms with Gasteiger partial charge in [0.2, 0.25) is 10.0 Å². The van der Waals surface area contributed by atoms with Gasteiger partial charge in [0.05, 0.1) is 12.3 Å². The van der Waals surface area contributed by atoms with Gasteiger partial charge in [0.25, 0.3) is 0 Å². The number of hydrogen-bond acceptors (Lipinski definition) is 4. The van der Waals surface area contributed by atoms with Crippen LogP contribution in [0.4, 0.5) is 5.69 Å². The molecule has 1 saturated heterocycles. The highest BCUT2D eigenvalue weighted by Gasteiger charge is 2.23. The van der Waals surface area contributed by atoms with E-state index in [1.807, 2.05) is 6.92 Å². The fourth-order valence-electron chi connectivity index (χ4n) is 2.75. The number of benzene rings is 1. The van der Waals surface area contributed by atoms with Crippen LogP contribution >= 0.6 is 39.9 Å². The first-order valence-corrected chi connectivity index (χ1v) is 11.4. The first-order valence-electron chi connectivity index (χ1n) is 8.96. The molecule has 1 fully saturated rings. The lowest BCUT2D eigenvalue weighted by Crippen LogP contribution is -2.45. The average Bonchev–Trinajstić information content (AvgIpc) is 3.08. The third kappa shape index (κ3) is 8.53. The molecular weight excluding hydrogens is 545 g/mol. The van der Waals surface area contributed by atoms with Crippen molar-refractivity contribution in [1.82, 2.24) is 15.4 Å². The second kappa shape index (κ2) is 12.1. The summed E-state index contributed by atoms with van der Waals surface area (Å²) < 4.78 is 26.5. The van der Waals surface area contributed by atoms with Gasteiger partial charge in [-0.3, -0.25) is 4.99 Å². The van der Waals surface area contributed by atoms with E-state index >= 15 is 0 Å². The summed E-state index contributed by atoms with van der Waals surface area (Å²) >= 11 is 3.46. The summed E-state index contributed by atoms with van der Waals surface area (Å²) in [4.78, 5) is 6.82. The molecule has 154 valence electrons. The summed E-state index contributed by atoms with van der Waals surface area (Å²) in [7, 11) is -3.16. The lowest BCUT2D eigenvalue weighted by molar-refractivity contribution is 0.583. The quantitative estimate of drug-likeness (QED) is 0.192. The highest BCUT2D eigenvalue weighted by Crippen LogP contribution is 2.22. The van der Waals surface area contributed by atoms with Gasteiger partial charge in [0.1, 0.15) is 0 Å². The summed E-state index contributed by atoms with van der Waals surface area (Å²) in [6.45, 7) is 7.01. The van der Waals surface area contributed by atoms with Crippen LogP contribution in [0.25, 0.3) is 0 Å². The molecule has 27 heavy (non-hydrogen) atoms. The second-order valence-corrected chi connectivity index (χ2v) is 9.12. The molecule has 0 aromatic heterocycles. The van der Waals surface area contributed by atoms with Crippen molar-refractivity contribution in [3.63, 3.8) is 0 Å². The number of guanidine groups is 1. The second-order valence-electron chi connectivity index (χ2n) is 6.11. The van der Waals surface area contributed by atoms with Crippen LogP contribution in [0.2, 0.25) is 0 Å². The van der Waals surface area contributed by atoms with Gasteiger partial charge in [-0.05, 0) is 44.5 Å². The van der Waals surface area contributed by atoms with Crippen LogP contribution in [0.15, 0.2) is 33.7 Å². The van der Waals surface area contributed by atoms with Gasteiger partial charge in [0.15, 0.2) is 5.96 Å². The van der Waals surface area contributed by atoms with Crippen LogP contribution in [-0.4, -0.2) is 58.9 Å². The Hall–Kier alpha value is -0.590. The number of nitrogens with one attached hydrogen (secondary N) is 3. The van der Waals surface area contributed by atoms with Crippen molar-refractivity contribution in [1.29, 1.82) is 0 Å². The largest absolute Gasteiger partial charge is 0.369 e. The van der Waals surface area contributed by atoms with Crippen molar-refractivity contribution in [2.24, 2.45) is 4.99 Å². The first kappa shape index (κ1) is 24.4. The fraction of sp³-hybridized carbons (Fsp3) is 0.588. The van der Waals surface area contributed by atoms with Crippen LogP contribution in [-0.2, 0) is 10.0 Å². The lowest BCUT2D eigenvalue weighted by atomic mass is 10.3. The summed E-state index contributed by atoms with van der Waals surface area (Å²) in [6.07, 6.45) is 1.03. The maximum absolute atomic E-state index is 11.4. The number of aliphatic imine (C=N–C) groups is 1. The predicted octanol–water partition coefficient (Wildman–Crippen LogP) is 2.14. The molecule has 10 heteroatoms. The molecular formula is C17H29BrIN5O2S. The van der Waals surface area contributed by atoms with Crippen LogP contribution in [0, 0.1) is 0 Å². The minimum absolute atomic E-state index is 0. The highest BCUT2D eigenvalue weighted by atomic mass is 127. The molecule has 3 N–H and O–H groups in total. The summed E-state index contributed by atoms with van der Waals surface area (Å²) in [5, 5.41) is 6.67. The Labute approximate surface area is 188 Å². The number of rotatable bonds is 8. The van der Waals surface area contributed by atoms with Crippen LogP contribution < -0.4 is 20.3 Å². The molecule has 0 spiro atoms. The van der Waals surface area contributed by atoms with Gasteiger partial charge in [-0.1, -0.05) is 15.9 Å². The van der Waals surface area contributed by atoms with Crippen molar-refractivity contribution >= 4 is 61.6 Å². The molecule has 1 aliphatic heterocycles. The summed E-state index contributed by atoms with van der Waals surface area (Å²) in [5.41, 5.74) is 1.22. The molecule has 0 bridgehead atoms. The number of halogens is 2. The summed E-state index contributed by atoms with van der Waals surface area (Å²) in [5.74, 6) is 0.814. The van der Waals surface area contributed by atoms with Gasteiger partial charge in [0, 0.05) is 42.4 Å². The number of anilines is 1. The topological polar surface area (TPSA) is 85.8 Å². The normalized spacial score (nSPS) is 17.5. The third-order valence-electron chi connectivity index (χ3n) is 4.15. The van der Waals surface area contributed by atoms with Gasteiger partial charge in [-0.25, -0.2) is 13.1 Å². The minimum atomic E-state index is -3.16. The van der Waals surface area contributed by atoms with E-state index in [-0.39, 0.29) is 29.7 Å². The van der Waals surface area contributed by atoms with Gasteiger partial charge in [-0.2, -0.15) is 0 Å². The molecule has 1 aliphatic rings. The van der Waals surface area contributed by atoms with E-state index in [1.165, 1.54) is 5.69 Å². The van der Waals surface area contributed by atoms with E-state index < -0.39 is 10.0 Å². The molecule has 1 unspecified atom stereocenters. The molecule has 2 rings (SSSR count). The van der Waals surface area contributed by atoms with E-state index in [9.17, 15) is 8.42 Å². The van der Waals surface area contributed by atoms with Crippen molar-refractivity contribution in [2.75, 3.05) is 43.4 Å².